The second kappa shape index (κ2) is 8.34. The molecule has 0 atom stereocenters. The van der Waals surface area contributed by atoms with Crippen LogP contribution in [-0.2, 0) is 0 Å². The molecule has 3 N–H and O–H groups in total. The number of nitrogens with zero attached hydrogens (tertiary/aromatic N) is 4. The zero-order valence-electron chi connectivity index (χ0n) is 17.3. The molecule has 0 aliphatic heterocycles. The van der Waals surface area contributed by atoms with Crippen LogP contribution in [0.2, 0.25) is 0 Å². The molecule has 0 radical (unpaired) electrons. The van der Waals surface area contributed by atoms with Crippen LogP contribution in [0.25, 0.3) is 5.57 Å². The largest absolute Gasteiger partial charge is 0.396 e. The van der Waals surface area contributed by atoms with Gasteiger partial charge in [-0.15, -0.1) is 0 Å². The van der Waals surface area contributed by atoms with Crippen molar-refractivity contribution in [2.24, 2.45) is 0 Å². The Morgan fingerprint density at radius 1 is 1.50 bits per heavy atom. The number of aromatic nitrogens is 2. The normalized spacial score (nSPS) is 13.8. The minimum atomic E-state index is -0.570. The lowest BCUT2D eigenvalue weighted by molar-refractivity contribution is 0.617. The first-order valence-electron chi connectivity index (χ1n) is 9.60. The van der Waals surface area contributed by atoms with E-state index in [-0.39, 0.29) is 16.9 Å². The summed E-state index contributed by atoms with van der Waals surface area (Å²) in [6.45, 7) is 13.6. The Bertz CT molecular complexity index is 891. The molecule has 0 spiro atoms. The van der Waals surface area contributed by atoms with Gasteiger partial charge < -0.3 is 5.73 Å². The van der Waals surface area contributed by atoms with Gasteiger partial charge in [0, 0.05) is 17.3 Å². The fourth-order valence-electron chi connectivity index (χ4n) is 3.41. The number of nitrogens with two attached hydrogens (primary N) is 1. The third kappa shape index (κ3) is 3.55. The molecule has 1 saturated carbocycles. The quantitative estimate of drug-likeness (QED) is 0.412. The van der Waals surface area contributed by atoms with E-state index in [0.29, 0.717) is 22.4 Å². The highest BCUT2D eigenvalue weighted by molar-refractivity contribution is 5.91. The summed E-state index contributed by atoms with van der Waals surface area (Å²) in [7, 11) is 0. The van der Waals surface area contributed by atoms with E-state index in [1.54, 1.807) is 37.2 Å². The molecule has 1 aromatic carbocycles. The minimum absolute atomic E-state index is 0.0140. The second-order valence-electron chi connectivity index (χ2n) is 6.81. The summed E-state index contributed by atoms with van der Waals surface area (Å²) in [5.41, 5.74) is 11.4. The van der Waals surface area contributed by atoms with E-state index in [1.165, 1.54) is 4.79 Å². The van der Waals surface area contributed by atoms with Crippen LogP contribution in [-0.4, -0.2) is 15.4 Å². The highest BCUT2D eigenvalue weighted by Crippen LogP contribution is 2.51. The van der Waals surface area contributed by atoms with Gasteiger partial charge in [-0.25, -0.2) is 4.39 Å². The van der Waals surface area contributed by atoms with Gasteiger partial charge in [-0.05, 0) is 44.7 Å². The molecule has 6 nitrogen and oxygen atoms in total. The van der Waals surface area contributed by atoms with E-state index >= 15 is 4.39 Å². The monoisotopic (exact) mass is 384 g/mol. The van der Waals surface area contributed by atoms with Gasteiger partial charge in [-0.3, -0.25) is 10.3 Å². The molecule has 2 aromatic rings. The van der Waals surface area contributed by atoms with Gasteiger partial charge in [-0.1, -0.05) is 27.4 Å². The Kier molecular flexibility index (Phi) is 6.34. The summed E-state index contributed by atoms with van der Waals surface area (Å²) in [5, 5.41) is 14.0. The van der Waals surface area contributed by atoms with Gasteiger partial charge in [0.1, 0.15) is 0 Å². The van der Waals surface area contributed by atoms with E-state index in [4.69, 9.17) is 5.73 Å². The Balaban J connectivity index is 0.00000136. The Morgan fingerprint density at radius 2 is 2.14 bits per heavy atom. The molecule has 1 aromatic heterocycles. The zero-order chi connectivity index (χ0) is 21.1. The van der Waals surface area contributed by atoms with E-state index in [1.807, 2.05) is 13.8 Å². The molecule has 0 amide bonds. The van der Waals surface area contributed by atoms with Gasteiger partial charge in [0.05, 0.1) is 28.8 Å². The number of anilines is 3. The van der Waals surface area contributed by atoms with E-state index in [9.17, 15) is 5.26 Å². The van der Waals surface area contributed by atoms with Crippen LogP contribution in [0.3, 0.4) is 0 Å². The fraction of sp³-hybridized carbons (Fsp3) is 0.429. The maximum Gasteiger partial charge on any atom is 0.184 e. The number of nitrogens with one attached hydrogen (secondary N) is 1. The van der Waals surface area contributed by atoms with Crippen LogP contribution in [0.4, 0.5) is 21.5 Å². The molecule has 0 unspecified atom stereocenters. The number of hydrogen-bond donors (Lipinski definition) is 2. The van der Waals surface area contributed by atoms with Crippen molar-refractivity contribution in [3.05, 3.63) is 42.0 Å². The van der Waals surface area contributed by atoms with Gasteiger partial charge in [0.15, 0.2) is 12.0 Å². The van der Waals surface area contributed by atoms with Crippen molar-refractivity contribution in [1.82, 2.24) is 9.89 Å². The van der Waals surface area contributed by atoms with Gasteiger partial charge in [0.25, 0.3) is 0 Å². The van der Waals surface area contributed by atoms with Crippen LogP contribution in [0.1, 0.15) is 58.1 Å². The van der Waals surface area contributed by atoms with Gasteiger partial charge in [0.2, 0.25) is 0 Å². The summed E-state index contributed by atoms with van der Waals surface area (Å²) in [4.78, 5) is 3.09. The molecule has 150 valence electrons. The predicted molar refractivity (Wildman–Crippen MR) is 113 cm³/mol. The molecule has 0 bridgehead atoms. The van der Waals surface area contributed by atoms with E-state index < -0.39 is 5.82 Å². The van der Waals surface area contributed by atoms with Crippen molar-refractivity contribution in [1.29, 1.82) is 5.26 Å². The maximum absolute atomic E-state index is 15.0. The Morgan fingerprint density at radius 3 is 2.57 bits per heavy atom. The van der Waals surface area contributed by atoms with Crippen LogP contribution in [0.5, 0.6) is 0 Å². The number of hydrogen-bond acceptors (Lipinski definition) is 5. The molecular formula is C21H29FN6. The first kappa shape index (κ1) is 21.3. The smallest absolute Gasteiger partial charge is 0.184 e. The van der Waals surface area contributed by atoms with Crippen molar-refractivity contribution in [2.45, 2.75) is 59.4 Å². The first-order chi connectivity index (χ1) is 13.4. The van der Waals surface area contributed by atoms with Crippen molar-refractivity contribution >= 4 is 22.6 Å². The molecule has 28 heavy (non-hydrogen) atoms. The average molecular weight is 385 g/mol. The lowest BCUT2D eigenvalue weighted by Gasteiger charge is -2.31. The van der Waals surface area contributed by atoms with Crippen molar-refractivity contribution in [3.63, 3.8) is 0 Å². The van der Waals surface area contributed by atoms with Crippen molar-refractivity contribution in [2.75, 3.05) is 16.1 Å². The molecular weight excluding hydrogens is 355 g/mol. The summed E-state index contributed by atoms with van der Waals surface area (Å²) >= 11 is 0. The number of benzene rings is 1. The first-order valence-corrected chi connectivity index (χ1v) is 9.60. The fourth-order valence-corrected chi connectivity index (χ4v) is 3.41. The van der Waals surface area contributed by atoms with E-state index in [2.05, 4.69) is 30.2 Å². The van der Waals surface area contributed by atoms with Crippen LogP contribution < -0.4 is 16.1 Å². The Hall–Kier alpha value is -3.01. The third-order valence-electron chi connectivity index (χ3n) is 5.13. The molecule has 1 heterocycles. The number of halogens is 1. The Labute approximate surface area is 166 Å². The highest BCUT2D eigenvalue weighted by Gasteiger charge is 2.48. The number of nitrogen functional groups attached to an aromatic ring is 1. The van der Waals surface area contributed by atoms with Crippen LogP contribution in [0, 0.1) is 24.2 Å². The molecule has 1 fully saturated rings. The zero-order valence-corrected chi connectivity index (χ0v) is 17.3. The standard InChI is InChI=1S/C19H23FN6.C2H6/c1-5-19(7-8-19)25(11-21)18-13(4)17(24-26-10-6-9-23-26)15(20)16(22)14(18)12(2)3;1-2/h6,9-10,24H,2,5,7-8,22H2,1,3-4H3;1-2H3. The van der Waals surface area contributed by atoms with Gasteiger partial charge >= 0.3 is 0 Å². The molecule has 3 rings (SSSR count). The summed E-state index contributed by atoms with van der Waals surface area (Å²) < 4.78 is 15.0. The van der Waals surface area contributed by atoms with Crippen LogP contribution in [0.15, 0.2) is 25.0 Å². The topological polar surface area (TPSA) is 82.9 Å². The van der Waals surface area contributed by atoms with E-state index in [0.717, 1.165) is 19.3 Å². The second-order valence-corrected chi connectivity index (χ2v) is 6.81. The highest BCUT2D eigenvalue weighted by atomic mass is 19.1. The van der Waals surface area contributed by atoms with Gasteiger partial charge in [-0.2, -0.15) is 15.2 Å². The molecule has 7 heteroatoms. The SMILES string of the molecule is C=C(C)c1c(N)c(F)c(Nn2cccn2)c(C)c1N(C#N)C1(CC)CC1.CC. The predicted octanol–water partition coefficient (Wildman–Crippen LogP) is 5.08. The average Bonchev–Trinajstić information content (AvgIpc) is 3.31. The summed E-state index contributed by atoms with van der Waals surface area (Å²) in [6, 6.07) is 1.73. The van der Waals surface area contributed by atoms with Crippen LogP contribution >= 0.6 is 0 Å². The molecule has 1 aliphatic rings. The lowest BCUT2D eigenvalue weighted by Crippen LogP contribution is -2.34. The minimum Gasteiger partial charge on any atom is -0.396 e. The van der Waals surface area contributed by atoms with Crippen molar-refractivity contribution in [3.8, 4) is 6.19 Å². The number of nitriles is 1. The summed E-state index contributed by atoms with van der Waals surface area (Å²) in [6.07, 6.45) is 8.23. The maximum atomic E-state index is 15.0. The third-order valence-corrected chi connectivity index (χ3v) is 5.13. The van der Waals surface area contributed by atoms with Crippen molar-refractivity contribution < 1.29 is 4.39 Å². The lowest BCUT2D eigenvalue weighted by atomic mass is 9.95. The molecule has 0 saturated heterocycles. The molecule has 1 aliphatic carbocycles. The number of rotatable bonds is 6. The summed E-state index contributed by atoms with van der Waals surface area (Å²) in [5.74, 6) is -0.570. The number of allylic oxidation sites excluding steroid dienone is 1.